The van der Waals surface area contributed by atoms with Crippen LogP contribution in [0, 0.1) is 13.8 Å². The molecule has 9 aromatic rings. The SMILES string of the molecule is CNC(=O)CCCCCCNC(C)=O.CNC(=O)CCCCCCNC(C)=O.Cc1ccc(NCc2cn(CCn3cc(CNc4ccc(C(=O)NCCCCCCC(=O)NO)cc4)nn3)nn2)cc1.Cc1ccc(NCc2cn(Cc3ccccc3Cn3cc(CNc4ccc(C(=O)NCCCCCCC(=O)NO)cc4)nn3)nn2)cc1. The topological polar surface area (TPSA) is 444 Å². The van der Waals surface area contributed by atoms with Gasteiger partial charge in [-0.2, -0.15) is 0 Å². The van der Waals surface area contributed by atoms with Gasteiger partial charge >= 0.3 is 0 Å². The van der Waals surface area contributed by atoms with E-state index in [4.69, 9.17) is 10.4 Å². The zero-order valence-electron chi connectivity index (χ0n) is 69.0. The van der Waals surface area contributed by atoms with Crippen molar-refractivity contribution in [2.45, 2.75) is 208 Å². The second-order valence-electron chi connectivity index (χ2n) is 28.4. The molecule has 0 atom stereocenters. The van der Waals surface area contributed by atoms with Crippen LogP contribution < -0.4 is 64.1 Å². The highest BCUT2D eigenvalue weighted by atomic mass is 16.5. The lowest BCUT2D eigenvalue weighted by Crippen LogP contribution is -2.24. The molecule has 0 spiro atoms. The normalized spacial score (nSPS) is 10.5. The van der Waals surface area contributed by atoms with E-state index in [1.54, 1.807) is 58.7 Å². The number of unbranched alkanes of at least 4 members (excludes halogenated alkanes) is 12. The van der Waals surface area contributed by atoms with Gasteiger partial charge in [0.1, 0.15) is 22.8 Å². The van der Waals surface area contributed by atoms with E-state index >= 15 is 0 Å². The smallest absolute Gasteiger partial charge is 0.251 e. The number of aromatic nitrogens is 12. The van der Waals surface area contributed by atoms with Crippen molar-refractivity contribution in [1.82, 2.24) is 103 Å². The molecule has 34 heteroatoms. The lowest BCUT2D eigenvalue weighted by Gasteiger charge is -2.09. The Morgan fingerprint density at radius 3 is 0.898 bits per heavy atom. The number of aryl methyl sites for hydroxylation is 4. The molecule has 0 aliphatic heterocycles. The molecule has 0 fully saturated rings. The van der Waals surface area contributed by atoms with Crippen LogP contribution in [0.3, 0.4) is 0 Å². The fourth-order valence-electron chi connectivity index (χ4n) is 11.6. The molecule has 5 aromatic carbocycles. The fourth-order valence-corrected chi connectivity index (χ4v) is 11.6. The van der Waals surface area contributed by atoms with Gasteiger partial charge in [-0.1, -0.05) is 132 Å². The van der Waals surface area contributed by atoms with Gasteiger partial charge in [0, 0.05) is 114 Å². The van der Waals surface area contributed by atoms with Gasteiger partial charge in [-0.15, -0.1) is 20.4 Å². The molecule has 34 nitrogen and oxygen atoms in total. The third kappa shape index (κ3) is 40.7. The molecule has 0 saturated carbocycles. The number of nitrogens with one attached hydrogen (secondary N) is 12. The van der Waals surface area contributed by atoms with Crippen molar-refractivity contribution in [3.8, 4) is 0 Å². The summed E-state index contributed by atoms with van der Waals surface area (Å²) in [6.45, 7) is 14.4. The van der Waals surface area contributed by atoms with Crippen LogP contribution in [0.5, 0.6) is 0 Å². The van der Waals surface area contributed by atoms with E-state index in [0.29, 0.717) is 115 Å². The van der Waals surface area contributed by atoms with Gasteiger partial charge in [-0.3, -0.25) is 58.1 Å². The van der Waals surface area contributed by atoms with Crippen molar-refractivity contribution >= 4 is 70.0 Å². The Labute approximate surface area is 690 Å². The first-order valence-corrected chi connectivity index (χ1v) is 40.5. The molecular formula is C84H120N24O10. The molecule has 118 heavy (non-hydrogen) atoms. The quantitative estimate of drug-likeness (QED) is 0.00958. The Bertz CT molecular complexity index is 4350. The Morgan fingerprint density at radius 1 is 0.331 bits per heavy atom. The zero-order chi connectivity index (χ0) is 84.8. The van der Waals surface area contributed by atoms with Gasteiger partial charge in [-0.25, -0.2) is 20.3 Å². The molecule has 4 aromatic heterocycles. The Kier molecular flexibility index (Phi) is 44.8. The minimum atomic E-state index is -0.372. The Morgan fingerprint density at radius 2 is 0.602 bits per heavy atom. The van der Waals surface area contributed by atoms with Crippen molar-refractivity contribution < 1.29 is 48.8 Å². The molecule has 0 aliphatic carbocycles. The average Bonchev–Trinajstić information content (AvgIpc) is 1.70. The predicted molar refractivity (Wildman–Crippen MR) is 452 cm³/mol. The Hall–Kier alpha value is -12.5. The number of rotatable bonds is 49. The first kappa shape index (κ1) is 94.4. The van der Waals surface area contributed by atoms with E-state index in [1.165, 1.54) is 25.0 Å². The lowest BCUT2D eigenvalue weighted by atomic mass is 10.1. The van der Waals surface area contributed by atoms with E-state index in [0.717, 1.165) is 160 Å². The summed E-state index contributed by atoms with van der Waals surface area (Å²) < 4.78 is 7.25. The van der Waals surface area contributed by atoms with E-state index in [2.05, 4.69) is 157 Å². The van der Waals surface area contributed by atoms with E-state index in [-0.39, 0.29) is 47.3 Å². The maximum atomic E-state index is 12.5. The molecule has 0 bridgehead atoms. The minimum absolute atomic E-state index is 0.0235. The van der Waals surface area contributed by atoms with Gasteiger partial charge < -0.3 is 53.2 Å². The molecule has 0 unspecified atom stereocenters. The minimum Gasteiger partial charge on any atom is -0.379 e. The zero-order valence-corrected chi connectivity index (χ0v) is 69.0. The van der Waals surface area contributed by atoms with E-state index < -0.39 is 0 Å². The molecule has 0 radical (unpaired) electrons. The molecule has 9 rings (SSSR count). The van der Waals surface area contributed by atoms with Crippen molar-refractivity contribution in [1.29, 1.82) is 0 Å². The third-order valence-corrected chi connectivity index (χ3v) is 18.4. The fraction of sp³-hybridized carbons (Fsp3) is 0.452. The summed E-state index contributed by atoms with van der Waals surface area (Å²) in [6.07, 6.45) is 24.2. The summed E-state index contributed by atoms with van der Waals surface area (Å²) in [6, 6.07) is 39.3. The van der Waals surface area contributed by atoms with Crippen molar-refractivity contribution in [2.24, 2.45) is 0 Å². The number of nitrogens with zero attached hydrogens (tertiary/aromatic N) is 12. The Balaban J connectivity index is 0.000000279. The maximum absolute atomic E-state index is 12.5. The number of carbonyl (C=O) groups is 8. The van der Waals surface area contributed by atoms with Crippen molar-refractivity contribution in [2.75, 3.05) is 61.5 Å². The van der Waals surface area contributed by atoms with Gasteiger partial charge in [0.05, 0.1) is 77.1 Å². The van der Waals surface area contributed by atoms with Gasteiger partial charge in [0.25, 0.3) is 11.8 Å². The first-order chi connectivity index (χ1) is 57.3. The molecule has 0 aliphatic rings. The van der Waals surface area contributed by atoms with Gasteiger partial charge in [0.15, 0.2) is 0 Å². The summed E-state index contributed by atoms with van der Waals surface area (Å²) in [5.41, 5.74) is 16.3. The number of benzene rings is 5. The summed E-state index contributed by atoms with van der Waals surface area (Å²) in [7, 11) is 3.30. The van der Waals surface area contributed by atoms with Gasteiger partial charge in [0.2, 0.25) is 35.4 Å². The van der Waals surface area contributed by atoms with Crippen LogP contribution in [-0.4, -0.2) is 158 Å². The number of hydrogen-bond acceptors (Lipinski definition) is 22. The number of hydroxylamine groups is 2. The highest BCUT2D eigenvalue weighted by molar-refractivity contribution is 5.95. The maximum Gasteiger partial charge on any atom is 0.251 e. The standard InChI is InChI=1S/C35H42N10O3.C29H38N10O3.2C10H20N2O2/c1-26-11-15-30(16-12-26)37-20-32-24-44(42-39-32)22-28-8-5-6-9-29(28)23-45-25-33(40-43-45)21-38-31-17-13-27(14-18-31)35(47)36-19-7-3-2-4-10-34(46)41-48;1-22-7-11-24(12-8-22)31-18-26-20-38(36-33-26)16-17-39-21-27(34-37-39)19-32-25-13-9-23(10-14-25)29(41)30-15-5-3-2-4-6-28(40)35-42;2*1-9(13)12-8-6-4-3-5-7-10(14)11-2/h5-6,8-9,11-18,24-25,37-38,48H,2-4,7,10,19-23H2,1H3,(H,36,47)(H,41,46);7-14,20-21,31-32,42H,2-6,15-19H2,1H3,(H,30,41)(H,35,40);2*3-8H2,1-2H3,(H,11,14)(H,12,13). The molecule has 636 valence electrons. The van der Waals surface area contributed by atoms with Crippen LogP contribution >= 0.6 is 0 Å². The van der Waals surface area contributed by atoms with Crippen LogP contribution in [0.25, 0.3) is 0 Å². The van der Waals surface area contributed by atoms with Crippen LogP contribution in [0.1, 0.15) is 208 Å². The second kappa shape index (κ2) is 55.9. The number of anilines is 4. The summed E-state index contributed by atoms with van der Waals surface area (Å²) in [5.74, 6) is -0.730. The van der Waals surface area contributed by atoms with Crippen LogP contribution in [-0.2, 0) is 81.1 Å². The third-order valence-electron chi connectivity index (χ3n) is 18.4. The van der Waals surface area contributed by atoms with Crippen molar-refractivity contribution in [3.63, 3.8) is 0 Å². The number of amides is 8. The highest BCUT2D eigenvalue weighted by Crippen LogP contribution is 2.18. The number of hydrogen-bond donors (Lipinski definition) is 14. The average molecular weight is 1630 g/mol. The molecular weight excluding hydrogens is 1510 g/mol. The largest absolute Gasteiger partial charge is 0.379 e. The van der Waals surface area contributed by atoms with E-state index in [9.17, 15) is 38.4 Å². The molecule has 4 heterocycles. The van der Waals surface area contributed by atoms with Gasteiger partial charge in [-0.05, 0) is 149 Å². The molecule has 14 N–H and O–H groups in total. The summed E-state index contributed by atoms with van der Waals surface area (Å²) in [5, 5.41) is 81.1. The highest BCUT2D eigenvalue weighted by Gasteiger charge is 2.13. The monoisotopic (exact) mass is 1620 g/mol. The molecule has 0 saturated heterocycles. The van der Waals surface area contributed by atoms with E-state index in [1.807, 2.05) is 82.7 Å². The van der Waals surface area contributed by atoms with Crippen LogP contribution in [0.2, 0.25) is 0 Å². The summed E-state index contributed by atoms with van der Waals surface area (Å²) >= 11 is 0. The molecule has 8 amide bonds. The first-order valence-electron chi connectivity index (χ1n) is 40.5. The van der Waals surface area contributed by atoms with Crippen LogP contribution in [0.15, 0.2) is 146 Å². The van der Waals surface area contributed by atoms with Crippen molar-refractivity contribution in [3.05, 3.63) is 202 Å². The van der Waals surface area contributed by atoms with Crippen LogP contribution in [0.4, 0.5) is 22.7 Å². The second-order valence-corrected chi connectivity index (χ2v) is 28.4. The lowest BCUT2D eigenvalue weighted by molar-refractivity contribution is -0.130. The number of carbonyl (C=O) groups excluding carboxylic acids is 8. The summed E-state index contributed by atoms with van der Waals surface area (Å²) in [4.78, 5) is 89.5. The predicted octanol–water partition coefficient (Wildman–Crippen LogP) is 9.61.